The third-order valence-electron chi connectivity index (χ3n) is 4.53. The normalized spacial score (nSPS) is 12.3. The van der Waals surface area contributed by atoms with Crippen molar-refractivity contribution >= 4 is 78.2 Å². The van der Waals surface area contributed by atoms with Crippen molar-refractivity contribution in [2.45, 2.75) is 26.2 Å². The molecule has 0 bridgehead atoms. The minimum absolute atomic E-state index is 0.0858. The van der Waals surface area contributed by atoms with Gasteiger partial charge >= 0.3 is 0 Å². The highest BCUT2D eigenvalue weighted by Gasteiger charge is 2.16. The summed E-state index contributed by atoms with van der Waals surface area (Å²) >= 11 is 7.84. The van der Waals surface area contributed by atoms with E-state index in [1.54, 1.807) is 12.3 Å². The molecule has 0 spiro atoms. The van der Waals surface area contributed by atoms with Gasteiger partial charge < -0.3 is 4.74 Å². The number of halogens is 3. The maximum atomic E-state index is 13.2. The number of rotatable bonds is 6. The molecule has 0 radical (unpaired) electrons. The number of benzene rings is 2. The van der Waals surface area contributed by atoms with Gasteiger partial charge in [-0.15, -0.1) is 6.42 Å². The number of hydrogen-bond acceptors (Lipinski definition) is 4. The van der Waals surface area contributed by atoms with Crippen LogP contribution in [-0.2, 0) is 0 Å². The Morgan fingerprint density at radius 3 is 2.67 bits per heavy atom. The van der Waals surface area contributed by atoms with Crippen LogP contribution in [-0.4, -0.2) is 22.5 Å². The standard InChI is InChI=1S/C22H18BrI2N3O2/c1-4-8-30-20-17(24)9-14(10-18(20)25)12-26-28-21(13(3)5-2)27-19-7-6-15(23)11-16(19)22(28)29/h1,6-7,9-13H,5,8H2,2-3H3/t13-/m0/s1. The predicted molar refractivity (Wildman–Crippen MR) is 142 cm³/mol. The number of aromatic nitrogens is 2. The molecule has 3 rings (SSSR count). The van der Waals surface area contributed by atoms with Crippen molar-refractivity contribution in [1.29, 1.82) is 0 Å². The molecular weight excluding hydrogens is 672 g/mol. The van der Waals surface area contributed by atoms with Crippen LogP contribution < -0.4 is 10.3 Å². The molecule has 0 aliphatic heterocycles. The van der Waals surface area contributed by atoms with E-state index in [-0.39, 0.29) is 18.1 Å². The van der Waals surface area contributed by atoms with E-state index < -0.39 is 0 Å². The monoisotopic (exact) mass is 689 g/mol. The number of hydrogen-bond donors (Lipinski definition) is 0. The van der Waals surface area contributed by atoms with E-state index in [0.29, 0.717) is 16.7 Å². The Morgan fingerprint density at radius 2 is 2.03 bits per heavy atom. The van der Waals surface area contributed by atoms with E-state index in [1.807, 2.05) is 31.2 Å². The van der Waals surface area contributed by atoms with Crippen LogP contribution in [0, 0.1) is 19.5 Å². The average Bonchev–Trinajstić information content (AvgIpc) is 2.72. The van der Waals surface area contributed by atoms with Gasteiger partial charge in [0, 0.05) is 10.4 Å². The predicted octanol–water partition coefficient (Wildman–Crippen LogP) is 5.78. The Labute approximate surface area is 210 Å². The molecule has 3 aromatic rings. The molecule has 0 fully saturated rings. The van der Waals surface area contributed by atoms with E-state index in [4.69, 9.17) is 16.1 Å². The van der Waals surface area contributed by atoms with Gasteiger partial charge in [-0.1, -0.05) is 35.7 Å². The van der Waals surface area contributed by atoms with Gasteiger partial charge in [-0.05, 0) is 87.5 Å². The third-order valence-corrected chi connectivity index (χ3v) is 6.63. The van der Waals surface area contributed by atoms with Gasteiger partial charge in [-0.25, -0.2) is 4.98 Å². The molecule has 8 heteroatoms. The van der Waals surface area contributed by atoms with Crippen LogP contribution >= 0.6 is 61.1 Å². The second-order valence-corrected chi connectivity index (χ2v) is 9.85. The zero-order chi connectivity index (χ0) is 21.8. The van der Waals surface area contributed by atoms with E-state index >= 15 is 0 Å². The van der Waals surface area contributed by atoms with Crippen molar-refractivity contribution in [3.05, 3.63) is 63.7 Å². The summed E-state index contributed by atoms with van der Waals surface area (Å²) in [6.07, 6.45) is 7.81. The fraction of sp³-hybridized carbons (Fsp3) is 0.227. The molecule has 1 atom stereocenters. The van der Waals surface area contributed by atoms with Crippen LogP contribution in [0.3, 0.4) is 0 Å². The maximum absolute atomic E-state index is 13.2. The summed E-state index contributed by atoms with van der Waals surface area (Å²) in [7, 11) is 0. The summed E-state index contributed by atoms with van der Waals surface area (Å²) in [5.41, 5.74) is 1.34. The molecule has 154 valence electrons. The third kappa shape index (κ3) is 5.06. The van der Waals surface area contributed by atoms with Gasteiger partial charge in [0.2, 0.25) is 0 Å². The Kier molecular flexibility index (Phi) is 7.92. The number of nitrogens with zero attached hydrogens (tertiary/aromatic N) is 3. The average molecular weight is 690 g/mol. The lowest BCUT2D eigenvalue weighted by Crippen LogP contribution is -2.23. The summed E-state index contributed by atoms with van der Waals surface area (Å²) < 4.78 is 9.69. The molecule has 0 aliphatic carbocycles. The number of terminal acetylenes is 1. The van der Waals surface area contributed by atoms with Crippen molar-refractivity contribution in [2.24, 2.45) is 5.10 Å². The van der Waals surface area contributed by atoms with Gasteiger partial charge in [0.05, 0.1) is 24.3 Å². The van der Waals surface area contributed by atoms with Crippen molar-refractivity contribution in [2.75, 3.05) is 6.61 Å². The highest BCUT2D eigenvalue weighted by molar-refractivity contribution is 14.1. The first-order chi connectivity index (χ1) is 14.3. The summed E-state index contributed by atoms with van der Waals surface area (Å²) in [4.78, 5) is 17.9. The van der Waals surface area contributed by atoms with E-state index in [0.717, 1.165) is 29.3 Å². The highest BCUT2D eigenvalue weighted by Crippen LogP contribution is 2.28. The quantitative estimate of drug-likeness (QED) is 0.188. The Bertz CT molecular complexity index is 1210. The van der Waals surface area contributed by atoms with Gasteiger partial charge in [-0.3, -0.25) is 4.79 Å². The summed E-state index contributed by atoms with van der Waals surface area (Å²) in [5, 5.41) is 5.04. The van der Waals surface area contributed by atoms with Crippen LogP contribution in [0.25, 0.3) is 10.9 Å². The molecule has 5 nitrogen and oxygen atoms in total. The SMILES string of the molecule is C#CCOc1c(I)cc(C=Nn2c([C@@H](C)CC)nc3ccc(Br)cc3c2=O)cc1I. The van der Waals surface area contributed by atoms with Gasteiger partial charge in [0.15, 0.2) is 0 Å². The second-order valence-electron chi connectivity index (χ2n) is 6.61. The Morgan fingerprint density at radius 1 is 1.33 bits per heavy atom. The van der Waals surface area contributed by atoms with Crippen molar-refractivity contribution in [3.8, 4) is 18.1 Å². The van der Waals surface area contributed by atoms with Crippen LogP contribution in [0.5, 0.6) is 5.75 Å². The first-order valence-electron chi connectivity index (χ1n) is 9.17. The van der Waals surface area contributed by atoms with Gasteiger partial charge in [0.25, 0.3) is 5.56 Å². The van der Waals surface area contributed by atoms with Crippen LogP contribution in [0.1, 0.15) is 37.6 Å². The van der Waals surface area contributed by atoms with Crippen LogP contribution in [0.2, 0.25) is 0 Å². The van der Waals surface area contributed by atoms with E-state index in [9.17, 15) is 4.79 Å². The molecule has 30 heavy (non-hydrogen) atoms. The zero-order valence-corrected chi connectivity index (χ0v) is 22.2. The molecular formula is C22H18BrI2N3O2. The molecule has 0 unspecified atom stereocenters. The topological polar surface area (TPSA) is 56.5 Å². The van der Waals surface area contributed by atoms with Crippen molar-refractivity contribution in [1.82, 2.24) is 9.66 Å². The molecule has 1 aromatic heterocycles. The lowest BCUT2D eigenvalue weighted by atomic mass is 10.1. The van der Waals surface area contributed by atoms with Crippen molar-refractivity contribution in [3.63, 3.8) is 0 Å². The zero-order valence-electron chi connectivity index (χ0n) is 16.3. The molecule has 0 N–H and O–H groups in total. The smallest absolute Gasteiger partial charge is 0.282 e. The molecule has 0 saturated carbocycles. The molecule has 0 amide bonds. The summed E-state index contributed by atoms with van der Waals surface area (Å²) in [6.45, 7) is 4.32. The first-order valence-corrected chi connectivity index (χ1v) is 12.1. The minimum Gasteiger partial charge on any atom is -0.479 e. The highest BCUT2D eigenvalue weighted by atomic mass is 127. The van der Waals surface area contributed by atoms with Gasteiger partial charge in [-0.2, -0.15) is 9.78 Å². The van der Waals surface area contributed by atoms with Crippen molar-refractivity contribution < 1.29 is 4.74 Å². The lowest BCUT2D eigenvalue weighted by Gasteiger charge is -2.14. The first kappa shape index (κ1) is 23.2. The Balaban J connectivity index is 2.10. The molecule has 1 heterocycles. The molecule has 2 aromatic carbocycles. The second kappa shape index (κ2) is 10.2. The Hall–Kier alpha value is -1.45. The summed E-state index contributed by atoms with van der Waals surface area (Å²) in [6, 6.07) is 9.39. The number of fused-ring (bicyclic) bond motifs is 1. The minimum atomic E-state index is -0.189. The largest absolute Gasteiger partial charge is 0.479 e. The fourth-order valence-electron chi connectivity index (χ4n) is 2.81. The molecule has 0 saturated heterocycles. The lowest BCUT2D eigenvalue weighted by molar-refractivity contribution is 0.365. The van der Waals surface area contributed by atoms with E-state index in [2.05, 4.69) is 79.1 Å². The summed E-state index contributed by atoms with van der Waals surface area (Å²) in [5.74, 6) is 3.96. The molecule has 0 aliphatic rings. The van der Waals surface area contributed by atoms with Gasteiger partial charge in [0.1, 0.15) is 18.2 Å². The van der Waals surface area contributed by atoms with Crippen LogP contribution in [0.15, 0.2) is 44.7 Å². The van der Waals surface area contributed by atoms with Crippen LogP contribution in [0.4, 0.5) is 0 Å². The maximum Gasteiger partial charge on any atom is 0.282 e. The fourth-order valence-corrected chi connectivity index (χ4v) is 5.30. The number of ether oxygens (including phenoxy) is 1. The van der Waals surface area contributed by atoms with E-state index in [1.165, 1.54) is 4.68 Å².